The van der Waals surface area contributed by atoms with Crippen LogP contribution in [0.15, 0.2) is 0 Å². The summed E-state index contributed by atoms with van der Waals surface area (Å²) in [7, 11) is -2.83. The first-order chi connectivity index (χ1) is 16.8. The number of hydrogen-bond donors (Lipinski definition) is 2. The van der Waals surface area contributed by atoms with Crippen LogP contribution in [-0.2, 0) is 37.5 Å². The van der Waals surface area contributed by atoms with Crippen molar-refractivity contribution < 1.29 is 40.3 Å². The van der Waals surface area contributed by atoms with E-state index >= 15 is 0 Å². The van der Waals surface area contributed by atoms with Crippen molar-refractivity contribution in [3.8, 4) is 0 Å². The first-order valence-corrected chi connectivity index (χ1v) is 14.6. The molecule has 0 unspecified atom stereocenters. The highest BCUT2D eigenvalue weighted by Crippen LogP contribution is 2.48. The van der Waals surface area contributed by atoms with Crippen LogP contribution in [0, 0.1) is 11.3 Å². The van der Waals surface area contributed by atoms with Crippen molar-refractivity contribution in [3.05, 3.63) is 0 Å². The van der Waals surface area contributed by atoms with Crippen molar-refractivity contribution in [2.45, 2.75) is 107 Å². The summed E-state index contributed by atoms with van der Waals surface area (Å²) in [4.78, 5) is 36.7. The first kappa shape index (κ1) is 36.7. The third-order valence-corrected chi connectivity index (χ3v) is 6.92. The zero-order valence-corrected chi connectivity index (χ0v) is 25.0. The predicted molar refractivity (Wildman–Crippen MR) is 146 cm³/mol. The third kappa shape index (κ3) is 15.6. The molecule has 0 aromatic rings. The van der Waals surface area contributed by atoms with Gasteiger partial charge in [0.25, 0.3) is 0 Å². The number of unbranched alkanes of at least 4 members (excludes halogenated alkanes) is 1. The molecule has 0 aliphatic heterocycles. The van der Waals surface area contributed by atoms with Crippen molar-refractivity contribution >= 4 is 25.6 Å². The van der Waals surface area contributed by atoms with Gasteiger partial charge in [-0.25, -0.2) is 9.65 Å². The molecule has 0 aliphatic rings. The Morgan fingerprint density at radius 3 is 2.11 bits per heavy atom. The van der Waals surface area contributed by atoms with Gasteiger partial charge in [0, 0.05) is 9.40 Å². The lowest BCUT2D eigenvalue weighted by Gasteiger charge is -2.33. The molecule has 0 saturated carbocycles. The second kappa shape index (κ2) is 19.6. The van der Waals surface area contributed by atoms with Gasteiger partial charge in [0.1, 0.15) is 6.04 Å². The van der Waals surface area contributed by atoms with Gasteiger partial charge in [-0.2, -0.15) is 0 Å². The number of methoxy groups -OCH3 is 1. The van der Waals surface area contributed by atoms with E-state index in [0.717, 1.165) is 19.3 Å². The van der Waals surface area contributed by atoms with Gasteiger partial charge < -0.3 is 14.8 Å². The number of carbonyl (C=O) groups excluding carboxylic acids is 3. The largest absolute Gasteiger partial charge is 0.469 e. The highest BCUT2D eigenvalue weighted by Gasteiger charge is 2.41. The van der Waals surface area contributed by atoms with Crippen LogP contribution in [0.25, 0.3) is 0 Å². The van der Waals surface area contributed by atoms with Crippen LogP contribution in [0.1, 0.15) is 97.3 Å². The molecule has 0 aromatic heterocycles. The average molecular weight is 543 g/mol. The summed E-state index contributed by atoms with van der Waals surface area (Å²) in [5.41, 5.74) is -0.764. The number of ether oxygens (including phenoxy) is 2. The molecular weight excluding hydrogens is 487 g/mol. The van der Waals surface area contributed by atoms with Crippen molar-refractivity contribution in [3.63, 3.8) is 0 Å². The lowest BCUT2D eigenvalue weighted by Crippen LogP contribution is -2.46. The van der Waals surface area contributed by atoms with Crippen LogP contribution in [-0.4, -0.2) is 56.9 Å². The molecule has 0 bridgehead atoms. The van der Waals surface area contributed by atoms with Crippen LogP contribution in [0.5, 0.6) is 0 Å². The Labute approximate surface area is 221 Å². The number of carbonyl (C=O) groups is 3. The maximum atomic E-state index is 13.6. The van der Waals surface area contributed by atoms with E-state index in [4.69, 9.17) is 13.8 Å². The summed E-state index contributed by atoms with van der Waals surface area (Å²) in [5.74, 6) is -1.35. The van der Waals surface area contributed by atoms with Crippen LogP contribution in [0.2, 0.25) is 0 Å². The van der Waals surface area contributed by atoms with E-state index in [1.165, 1.54) is 14.0 Å². The zero-order valence-electron chi connectivity index (χ0n) is 24.1. The number of hydrogen-bond acceptors (Lipinski definition) is 8. The predicted octanol–water partition coefficient (Wildman–Crippen LogP) is 5.50. The first-order valence-electron chi connectivity index (χ1n) is 13.0. The minimum Gasteiger partial charge on any atom is -0.469 e. The van der Waals surface area contributed by atoms with E-state index in [1.807, 2.05) is 34.6 Å². The van der Waals surface area contributed by atoms with Gasteiger partial charge in [-0.1, -0.05) is 74.7 Å². The summed E-state index contributed by atoms with van der Waals surface area (Å²) in [6.07, 6.45) is 1.98. The van der Waals surface area contributed by atoms with Gasteiger partial charge in [0.15, 0.2) is 6.10 Å². The number of esters is 2. The van der Waals surface area contributed by atoms with Crippen molar-refractivity contribution in [2.75, 3.05) is 26.9 Å². The summed E-state index contributed by atoms with van der Waals surface area (Å²) in [5, 5.41) is 5.24. The van der Waals surface area contributed by atoms with Crippen LogP contribution < -0.4 is 10.4 Å². The van der Waals surface area contributed by atoms with Crippen LogP contribution in [0.3, 0.4) is 0 Å². The molecular formula is C25H55N2O8P. The second-order valence-corrected chi connectivity index (χ2v) is 11.0. The van der Waals surface area contributed by atoms with E-state index in [0.29, 0.717) is 6.42 Å². The van der Waals surface area contributed by atoms with Crippen molar-refractivity contribution in [1.29, 1.82) is 0 Å². The summed E-state index contributed by atoms with van der Waals surface area (Å²) >= 11 is 0. The Hall–Kier alpha value is -1.48. The number of nitrogens with one attached hydrogen (secondary N) is 2. The smallest absolute Gasteiger partial charge is 0.407 e. The van der Waals surface area contributed by atoms with Gasteiger partial charge in [-0.05, 0) is 24.7 Å². The Bertz CT molecular complexity index is 689. The zero-order chi connectivity index (χ0) is 28.4. The molecule has 0 saturated heterocycles. The average Bonchev–Trinajstić information content (AvgIpc) is 2.83. The van der Waals surface area contributed by atoms with Crippen molar-refractivity contribution in [1.82, 2.24) is 10.4 Å². The van der Waals surface area contributed by atoms with Gasteiger partial charge in [-0.15, -0.1) is 0 Å². The summed E-state index contributed by atoms with van der Waals surface area (Å²) < 4.78 is 34.9. The second-order valence-electron chi connectivity index (χ2n) is 9.32. The van der Waals surface area contributed by atoms with Crippen LogP contribution >= 0.6 is 7.75 Å². The lowest BCUT2D eigenvalue weighted by molar-refractivity contribution is -0.147. The molecule has 0 heterocycles. The molecule has 2 N–H and O–H groups in total. The fraction of sp³-hybridized carbons (Fsp3) is 0.880. The van der Waals surface area contributed by atoms with Gasteiger partial charge >= 0.3 is 19.7 Å². The molecule has 0 aromatic carbocycles. The highest BCUT2D eigenvalue weighted by atomic mass is 31.2. The number of rotatable bonds is 17. The SMILES string of the molecule is CC.CCCCO[P@@](=O)(N[C@@H](C)C(=O)OCC(CC)CC)O[C@@H](C(=O)NCCC(=O)OC)C(C)(C)C.[HH].[HH]. The minimum atomic E-state index is -4.09. The fourth-order valence-electron chi connectivity index (χ4n) is 2.79. The molecule has 10 nitrogen and oxygen atoms in total. The van der Waals surface area contributed by atoms with Crippen molar-refractivity contribution in [2.24, 2.45) is 11.3 Å². The minimum absolute atomic E-state index is 0. The molecule has 0 fully saturated rings. The Morgan fingerprint density at radius 1 is 1.06 bits per heavy atom. The fourth-order valence-corrected chi connectivity index (χ4v) is 4.62. The Morgan fingerprint density at radius 2 is 1.64 bits per heavy atom. The number of amides is 1. The Balaban J connectivity index is -0.00000141. The summed E-state index contributed by atoms with van der Waals surface area (Å²) in [6, 6.07) is -0.982. The Kier molecular flexibility index (Phi) is 20.0. The quantitative estimate of drug-likeness (QED) is 0.139. The molecule has 0 radical (unpaired) electrons. The standard InChI is InChI=1S/C23H45N2O8P.C2H6.2H2/c1-9-12-15-32-34(29,25-17(4)22(28)31-16-18(10-2)11-3)33-20(23(5,6)7)21(27)24-14-13-19(26)30-8;1-2;;/h17-18,20H,9-16H2,1-8H3,(H,24,27)(H,25,29);1-2H3;2*1H/t17-,20-,34-;;;/m0.../s1. The van der Waals surface area contributed by atoms with E-state index in [1.54, 1.807) is 20.8 Å². The van der Waals surface area contributed by atoms with Gasteiger partial charge in [-0.3, -0.25) is 23.4 Å². The molecule has 3 atom stereocenters. The molecule has 36 heavy (non-hydrogen) atoms. The molecule has 0 aliphatic carbocycles. The van der Waals surface area contributed by atoms with Gasteiger partial charge in [0.05, 0.1) is 26.7 Å². The highest BCUT2D eigenvalue weighted by molar-refractivity contribution is 7.51. The molecule has 0 rings (SSSR count). The normalized spacial score (nSPS) is 14.6. The van der Waals surface area contributed by atoms with Crippen LogP contribution in [0.4, 0.5) is 0 Å². The van der Waals surface area contributed by atoms with Gasteiger partial charge in [0.2, 0.25) is 5.91 Å². The van der Waals surface area contributed by atoms with E-state index in [-0.39, 0.29) is 35.0 Å². The molecule has 11 heteroatoms. The molecule has 1 amide bonds. The maximum Gasteiger partial charge on any atom is 0.407 e. The topological polar surface area (TPSA) is 129 Å². The van der Waals surface area contributed by atoms with E-state index < -0.39 is 43.2 Å². The monoisotopic (exact) mass is 542 g/mol. The molecule has 218 valence electrons. The third-order valence-electron chi connectivity index (χ3n) is 5.21. The maximum absolute atomic E-state index is 13.6. The van der Waals surface area contributed by atoms with E-state index in [9.17, 15) is 18.9 Å². The van der Waals surface area contributed by atoms with E-state index in [2.05, 4.69) is 15.1 Å². The summed E-state index contributed by atoms with van der Waals surface area (Å²) in [6.45, 7) is 17.2. The molecule has 0 spiro atoms. The lowest BCUT2D eigenvalue weighted by atomic mass is 9.88.